The zero-order valence-corrected chi connectivity index (χ0v) is 12.9. The summed E-state index contributed by atoms with van der Waals surface area (Å²) in [5.41, 5.74) is 2.80. The lowest BCUT2D eigenvalue weighted by atomic mass is 10.1. The number of benzene rings is 2. The van der Waals surface area contributed by atoms with Gasteiger partial charge in [-0.25, -0.2) is 0 Å². The molecule has 0 saturated carbocycles. The van der Waals surface area contributed by atoms with Crippen LogP contribution in [0.2, 0.25) is 0 Å². The largest absolute Gasteiger partial charge is 0.395 e. The monoisotopic (exact) mass is 308 g/mol. The van der Waals surface area contributed by atoms with Gasteiger partial charge in [0.05, 0.1) is 13.2 Å². The van der Waals surface area contributed by atoms with Crippen LogP contribution in [0.5, 0.6) is 0 Å². The number of aliphatic hydroxyl groups excluding tert-OH is 1. The average molecular weight is 308 g/mol. The van der Waals surface area contributed by atoms with Crippen LogP contribution in [-0.4, -0.2) is 40.5 Å². The first-order valence-corrected chi connectivity index (χ1v) is 7.74. The van der Waals surface area contributed by atoms with Gasteiger partial charge in [0.25, 0.3) is 0 Å². The van der Waals surface area contributed by atoms with Crippen molar-refractivity contribution in [3.05, 3.63) is 71.9 Å². The van der Waals surface area contributed by atoms with Gasteiger partial charge in [-0.05, 0) is 11.6 Å². The third kappa shape index (κ3) is 3.67. The predicted octanol–water partition coefficient (Wildman–Crippen LogP) is 2.85. The Hall–Kier alpha value is -2.43. The van der Waals surface area contributed by atoms with Crippen molar-refractivity contribution in [2.45, 2.75) is 6.54 Å². The number of carbonyl (C=O) groups is 1. The van der Waals surface area contributed by atoms with E-state index in [4.69, 9.17) is 0 Å². The highest BCUT2D eigenvalue weighted by atomic mass is 16.3. The summed E-state index contributed by atoms with van der Waals surface area (Å²) in [6.45, 7) is 1.45. The first-order chi connectivity index (χ1) is 11.3. The van der Waals surface area contributed by atoms with Gasteiger partial charge < -0.3 is 10.1 Å². The molecule has 0 aliphatic rings. The van der Waals surface area contributed by atoms with E-state index in [0.29, 0.717) is 18.7 Å². The number of ketones is 1. The number of H-pyrrole nitrogens is 1. The lowest BCUT2D eigenvalue weighted by Gasteiger charge is -2.20. The van der Waals surface area contributed by atoms with Gasteiger partial charge in [-0.15, -0.1) is 0 Å². The van der Waals surface area contributed by atoms with Gasteiger partial charge in [0, 0.05) is 35.8 Å². The number of hydrogen-bond acceptors (Lipinski definition) is 3. The molecule has 0 amide bonds. The fraction of sp³-hybridized carbons (Fsp3) is 0.211. The first-order valence-electron chi connectivity index (χ1n) is 7.74. The fourth-order valence-electron chi connectivity index (χ4n) is 2.79. The molecule has 1 heterocycles. The fourth-order valence-corrected chi connectivity index (χ4v) is 2.79. The first kappa shape index (κ1) is 15.5. The van der Waals surface area contributed by atoms with Crippen LogP contribution in [0, 0.1) is 0 Å². The predicted molar refractivity (Wildman–Crippen MR) is 91.4 cm³/mol. The smallest absolute Gasteiger partial charge is 0.178 e. The molecule has 3 rings (SSSR count). The maximum absolute atomic E-state index is 12.7. The molecule has 23 heavy (non-hydrogen) atoms. The number of nitrogens with zero attached hydrogens (tertiary/aromatic N) is 1. The maximum atomic E-state index is 12.7. The van der Waals surface area contributed by atoms with Crippen LogP contribution in [0.15, 0.2) is 60.8 Å². The van der Waals surface area contributed by atoms with Gasteiger partial charge in [-0.1, -0.05) is 48.5 Å². The molecule has 0 aliphatic heterocycles. The number of hydrogen-bond donors (Lipinski definition) is 2. The highest BCUT2D eigenvalue weighted by Gasteiger charge is 2.16. The van der Waals surface area contributed by atoms with Gasteiger partial charge >= 0.3 is 0 Å². The Bertz CT molecular complexity index is 780. The molecule has 2 N–H and O–H groups in total. The van der Waals surface area contributed by atoms with Crippen molar-refractivity contribution in [2.75, 3.05) is 19.7 Å². The summed E-state index contributed by atoms with van der Waals surface area (Å²) in [6, 6.07) is 17.8. The van der Waals surface area contributed by atoms with E-state index in [2.05, 4.69) is 4.98 Å². The van der Waals surface area contributed by atoms with Crippen LogP contribution in [0.1, 0.15) is 15.9 Å². The molecule has 4 heteroatoms. The molecular formula is C19H20N2O2. The molecule has 0 unspecified atom stereocenters. The molecule has 0 aliphatic carbocycles. The summed E-state index contributed by atoms with van der Waals surface area (Å²) in [5.74, 6) is 0.0619. The molecule has 4 nitrogen and oxygen atoms in total. The van der Waals surface area contributed by atoms with Crippen molar-refractivity contribution in [3.63, 3.8) is 0 Å². The third-order valence-corrected chi connectivity index (χ3v) is 3.92. The molecular weight excluding hydrogens is 288 g/mol. The molecule has 0 radical (unpaired) electrons. The minimum Gasteiger partial charge on any atom is -0.395 e. The number of para-hydroxylation sites is 1. The molecule has 118 valence electrons. The second-order valence-electron chi connectivity index (χ2n) is 5.59. The number of rotatable bonds is 7. The summed E-state index contributed by atoms with van der Waals surface area (Å²) in [6.07, 6.45) is 1.77. The van der Waals surface area contributed by atoms with Gasteiger partial charge in [0.1, 0.15) is 0 Å². The molecule has 2 aromatic carbocycles. The molecule has 0 atom stereocenters. The van der Waals surface area contributed by atoms with Crippen molar-refractivity contribution in [1.82, 2.24) is 9.88 Å². The number of aromatic amines is 1. The lowest BCUT2D eigenvalue weighted by Crippen LogP contribution is -2.32. The topological polar surface area (TPSA) is 56.3 Å². The van der Waals surface area contributed by atoms with Crippen molar-refractivity contribution in [1.29, 1.82) is 0 Å². The van der Waals surface area contributed by atoms with Crippen LogP contribution in [0.3, 0.4) is 0 Å². The van der Waals surface area contributed by atoms with Gasteiger partial charge in [0.2, 0.25) is 0 Å². The Morgan fingerprint density at radius 2 is 1.78 bits per heavy atom. The van der Waals surface area contributed by atoms with Crippen LogP contribution in [-0.2, 0) is 6.54 Å². The van der Waals surface area contributed by atoms with E-state index in [9.17, 15) is 9.90 Å². The zero-order chi connectivity index (χ0) is 16.1. The van der Waals surface area contributed by atoms with E-state index in [1.165, 1.54) is 0 Å². The quantitative estimate of drug-likeness (QED) is 0.660. The van der Waals surface area contributed by atoms with E-state index in [0.717, 1.165) is 16.5 Å². The molecule has 0 saturated heterocycles. The number of carbonyl (C=O) groups excluding carboxylic acids is 1. The Balaban J connectivity index is 1.75. The van der Waals surface area contributed by atoms with Crippen LogP contribution in [0.25, 0.3) is 10.9 Å². The molecule has 3 aromatic rings. The standard InChI is InChI=1S/C19H20N2O2/c22-11-10-21(13-15-6-2-1-3-7-15)14-19(23)17-12-20-18-9-5-4-8-16(17)18/h1-9,12,20,22H,10-11,13-14H2. The van der Waals surface area contributed by atoms with Crippen LogP contribution >= 0.6 is 0 Å². The van der Waals surface area contributed by atoms with E-state index in [1.807, 2.05) is 59.5 Å². The summed E-state index contributed by atoms with van der Waals surface area (Å²) < 4.78 is 0. The number of Topliss-reactive ketones (excluding diaryl/α,β-unsaturated/α-hetero) is 1. The van der Waals surface area contributed by atoms with E-state index in [1.54, 1.807) is 6.20 Å². The van der Waals surface area contributed by atoms with Crippen molar-refractivity contribution >= 4 is 16.7 Å². The molecule has 0 fully saturated rings. The van der Waals surface area contributed by atoms with Gasteiger partial charge in [-0.3, -0.25) is 9.69 Å². The van der Waals surface area contributed by atoms with Crippen molar-refractivity contribution < 1.29 is 9.90 Å². The maximum Gasteiger partial charge on any atom is 0.178 e. The summed E-state index contributed by atoms with van der Waals surface area (Å²) >= 11 is 0. The Labute approximate surface area is 135 Å². The van der Waals surface area contributed by atoms with E-state index >= 15 is 0 Å². The summed E-state index contributed by atoms with van der Waals surface area (Å²) in [4.78, 5) is 17.8. The van der Waals surface area contributed by atoms with E-state index < -0.39 is 0 Å². The lowest BCUT2D eigenvalue weighted by molar-refractivity contribution is 0.0910. The highest BCUT2D eigenvalue weighted by Crippen LogP contribution is 2.18. The number of fused-ring (bicyclic) bond motifs is 1. The molecule has 1 aromatic heterocycles. The second-order valence-corrected chi connectivity index (χ2v) is 5.59. The van der Waals surface area contributed by atoms with E-state index in [-0.39, 0.29) is 18.9 Å². The number of aliphatic hydroxyl groups is 1. The normalized spacial score (nSPS) is 11.2. The number of aromatic nitrogens is 1. The van der Waals surface area contributed by atoms with Crippen LogP contribution in [0.4, 0.5) is 0 Å². The minimum absolute atomic E-state index is 0.0357. The van der Waals surface area contributed by atoms with Gasteiger partial charge in [-0.2, -0.15) is 0 Å². The van der Waals surface area contributed by atoms with Crippen molar-refractivity contribution in [3.8, 4) is 0 Å². The van der Waals surface area contributed by atoms with Crippen molar-refractivity contribution in [2.24, 2.45) is 0 Å². The van der Waals surface area contributed by atoms with Crippen LogP contribution < -0.4 is 0 Å². The van der Waals surface area contributed by atoms with Gasteiger partial charge in [0.15, 0.2) is 5.78 Å². The SMILES string of the molecule is O=C(CN(CCO)Cc1ccccc1)c1c[nH]c2ccccc12. The minimum atomic E-state index is 0.0357. The number of nitrogens with one attached hydrogen (secondary N) is 1. The average Bonchev–Trinajstić information content (AvgIpc) is 3.00. The Morgan fingerprint density at radius 1 is 1.04 bits per heavy atom. The zero-order valence-electron chi connectivity index (χ0n) is 12.9. The highest BCUT2D eigenvalue weighted by molar-refractivity contribution is 6.08. The molecule has 0 spiro atoms. The Morgan fingerprint density at radius 3 is 2.57 bits per heavy atom. The summed E-state index contributed by atoms with van der Waals surface area (Å²) in [5, 5.41) is 10.2. The summed E-state index contributed by atoms with van der Waals surface area (Å²) in [7, 11) is 0. The Kier molecular flexibility index (Phi) is 4.86. The molecule has 0 bridgehead atoms. The third-order valence-electron chi connectivity index (χ3n) is 3.92. The second kappa shape index (κ2) is 7.22.